The molecule has 3 heteroatoms. The van der Waals surface area contributed by atoms with Crippen molar-refractivity contribution in [2.75, 3.05) is 12.4 Å². The van der Waals surface area contributed by atoms with Crippen LogP contribution in [0.15, 0.2) is 24.3 Å². The third-order valence-electron chi connectivity index (χ3n) is 3.49. The fraction of sp³-hybridized carbons (Fsp3) is 0.500. The lowest BCUT2D eigenvalue weighted by molar-refractivity contribution is 0.0944. The molecule has 0 spiro atoms. The van der Waals surface area contributed by atoms with Crippen molar-refractivity contribution in [2.24, 2.45) is 5.41 Å². The number of alkyl halides is 1. The van der Waals surface area contributed by atoms with E-state index >= 15 is 0 Å². The van der Waals surface area contributed by atoms with Gasteiger partial charge in [-0.1, -0.05) is 17.7 Å². The number of hydrogen-bond acceptors (Lipinski definition) is 1. The molecule has 0 heterocycles. The van der Waals surface area contributed by atoms with Crippen LogP contribution >= 0.6 is 11.6 Å². The van der Waals surface area contributed by atoms with Gasteiger partial charge in [0.05, 0.1) is 0 Å². The Morgan fingerprint density at radius 3 is 2.82 bits per heavy atom. The minimum atomic E-state index is 0.0227. The van der Waals surface area contributed by atoms with Gasteiger partial charge < -0.3 is 5.32 Å². The Morgan fingerprint density at radius 1 is 1.47 bits per heavy atom. The highest BCUT2D eigenvalue weighted by atomic mass is 35.5. The first-order valence-corrected chi connectivity index (χ1v) is 6.60. The van der Waals surface area contributed by atoms with Crippen LogP contribution in [0.2, 0.25) is 0 Å². The lowest BCUT2D eigenvalue weighted by Crippen LogP contribution is -2.30. The van der Waals surface area contributed by atoms with Crippen LogP contribution in [0.4, 0.5) is 0 Å². The van der Waals surface area contributed by atoms with Gasteiger partial charge in [0.2, 0.25) is 0 Å². The Morgan fingerprint density at radius 2 is 2.24 bits per heavy atom. The number of carbonyl (C=O) groups is 1. The molecule has 0 atom stereocenters. The quantitative estimate of drug-likeness (QED) is 0.801. The molecule has 1 fully saturated rings. The minimum Gasteiger partial charge on any atom is -0.351 e. The van der Waals surface area contributed by atoms with E-state index in [1.54, 1.807) is 0 Å². The van der Waals surface area contributed by atoms with E-state index in [-0.39, 0.29) is 5.91 Å². The number of hydrogen-bond donors (Lipinski definition) is 1. The Bertz CT molecular complexity index is 412. The molecule has 1 aliphatic carbocycles. The second kappa shape index (κ2) is 5.09. The highest BCUT2D eigenvalue weighted by Crippen LogP contribution is 2.48. The Hall–Kier alpha value is -1.02. The molecule has 1 amide bonds. The van der Waals surface area contributed by atoms with Gasteiger partial charge in [-0.05, 0) is 43.7 Å². The zero-order chi connectivity index (χ0) is 12.3. The molecule has 17 heavy (non-hydrogen) atoms. The van der Waals surface area contributed by atoms with Crippen LogP contribution in [0.3, 0.4) is 0 Å². The van der Waals surface area contributed by atoms with Gasteiger partial charge in [-0.25, -0.2) is 0 Å². The van der Waals surface area contributed by atoms with Crippen molar-refractivity contribution in [1.82, 2.24) is 5.32 Å². The maximum Gasteiger partial charge on any atom is 0.251 e. The summed E-state index contributed by atoms with van der Waals surface area (Å²) < 4.78 is 0. The molecule has 0 aromatic heterocycles. The van der Waals surface area contributed by atoms with E-state index < -0.39 is 0 Å². The van der Waals surface area contributed by atoms with Gasteiger partial charge >= 0.3 is 0 Å². The molecular formula is C14H18ClNO. The third-order valence-corrected chi connectivity index (χ3v) is 3.68. The molecule has 92 valence electrons. The molecule has 2 rings (SSSR count). The highest BCUT2D eigenvalue weighted by Gasteiger charge is 2.41. The number of nitrogens with one attached hydrogen (secondary N) is 1. The number of halogens is 1. The first kappa shape index (κ1) is 12.4. The molecule has 0 radical (unpaired) electrons. The standard InChI is InChI=1S/C14H18ClNO/c1-11-3-2-4-12(9-11)13(17)16-10-14(5-6-14)7-8-15/h2-4,9H,5-8,10H2,1H3,(H,16,17). The predicted molar refractivity (Wildman–Crippen MR) is 70.5 cm³/mol. The topological polar surface area (TPSA) is 29.1 Å². The number of carbonyl (C=O) groups excluding carboxylic acids is 1. The average Bonchev–Trinajstić information content (AvgIpc) is 3.07. The lowest BCUT2D eigenvalue weighted by Gasteiger charge is -2.14. The van der Waals surface area contributed by atoms with Gasteiger partial charge in [-0.3, -0.25) is 4.79 Å². The second-order valence-corrected chi connectivity index (χ2v) is 5.37. The molecule has 0 bridgehead atoms. The molecule has 1 aromatic rings. The molecular weight excluding hydrogens is 234 g/mol. The van der Waals surface area contributed by atoms with Crippen molar-refractivity contribution >= 4 is 17.5 Å². The Balaban J connectivity index is 1.90. The molecule has 0 aliphatic heterocycles. The summed E-state index contributed by atoms with van der Waals surface area (Å²) in [6.45, 7) is 2.75. The van der Waals surface area contributed by atoms with Crippen molar-refractivity contribution < 1.29 is 4.79 Å². The van der Waals surface area contributed by atoms with Gasteiger partial charge in [0.1, 0.15) is 0 Å². The zero-order valence-electron chi connectivity index (χ0n) is 10.1. The van der Waals surface area contributed by atoms with E-state index in [2.05, 4.69) is 5.32 Å². The van der Waals surface area contributed by atoms with Crippen molar-refractivity contribution in [3.05, 3.63) is 35.4 Å². The molecule has 0 saturated heterocycles. The van der Waals surface area contributed by atoms with Crippen LogP contribution in [0.25, 0.3) is 0 Å². The van der Waals surface area contributed by atoms with E-state index in [0.29, 0.717) is 11.3 Å². The van der Waals surface area contributed by atoms with Crippen LogP contribution in [0, 0.1) is 12.3 Å². The minimum absolute atomic E-state index is 0.0227. The lowest BCUT2D eigenvalue weighted by atomic mass is 10.0. The fourth-order valence-electron chi connectivity index (χ4n) is 2.05. The summed E-state index contributed by atoms with van der Waals surface area (Å²) in [5.74, 6) is 0.704. The summed E-state index contributed by atoms with van der Waals surface area (Å²) >= 11 is 5.77. The maximum absolute atomic E-state index is 11.9. The number of rotatable bonds is 5. The van der Waals surface area contributed by atoms with Crippen LogP contribution < -0.4 is 5.32 Å². The first-order valence-electron chi connectivity index (χ1n) is 6.06. The van der Waals surface area contributed by atoms with Crippen LogP contribution in [0.5, 0.6) is 0 Å². The largest absolute Gasteiger partial charge is 0.351 e. The summed E-state index contributed by atoms with van der Waals surface area (Å²) in [7, 11) is 0. The first-order chi connectivity index (χ1) is 8.15. The summed E-state index contributed by atoms with van der Waals surface area (Å²) in [6.07, 6.45) is 3.38. The molecule has 0 unspecified atom stereocenters. The monoisotopic (exact) mass is 251 g/mol. The van der Waals surface area contributed by atoms with Gasteiger partial charge in [-0.2, -0.15) is 0 Å². The van der Waals surface area contributed by atoms with Gasteiger partial charge in [0.15, 0.2) is 0 Å². The Labute approximate surface area is 107 Å². The van der Waals surface area contributed by atoms with Crippen molar-refractivity contribution in [3.63, 3.8) is 0 Å². The maximum atomic E-state index is 11.9. The number of aryl methyl sites for hydroxylation is 1. The average molecular weight is 252 g/mol. The molecule has 1 aromatic carbocycles. The fourth-order valence-corrected chi connectivity index (χ4v) is 2.45. The SMILES string of the molecule is Cc1cccc(C(=O)NCC2(CCCl)CC2)c1. The third kappa shape index (κ3) is 3.22. The Kier molecular flexibility index (Phi) is 3.72. The zero-order valence-corrected chi connectivity index (χ0v) is 10.9. The molecule has 1 N–H and O–H groups in total. The molecule has 1 aliphatic rings. The number of benzene rings is 1. The van der Waals surface area contributed by atoms with Crippen LogP contribution in [-0.4, -0.2) is 18.3 Å². The summed E-state index contributed by atoms with van der Waals surface area (Å²) in [5.41, 5.74) is 2.15. The van der Waals surface area contributed by atoms with Crippen molar-refractivity contribution in [2.45, 2.75) is 26.2 Å². The van der Waals surface area contributed by atoms with Crippen molar-refractivity contribution in [1.29, 1.82) is 0 Å². The summed E-state index contributed by atoms with van der Waals surface area (Å²) in [5, 5.41) is 3.02. The normalized spacial score (nSPS) is 16.6. The van der Waals surface area contributed by atoms with Crippen LogP contribution in [-0.2, 0) is 0 Å². The van der Waals surface area contributed by atoms with E-state index in [4.69, 9.17) is 11.6 Å². The molecule has 2 nitrogen and oxygen atoms in total. The van der Waals surface area contributed by atoms with Gasteiger partial charge in [0.25, 0.3) is 5.91 Å². The predicted octanol–water partition coefficient (Wildman–Crippen LogP) is 3.13. The molecule has 1 saturated carbocycles. The highest BCUT2D eigenvalue weighted by molar-refractivity contribution is 6.17. The summed E-state index contributed by atoms with van der Waals surface area (Å²) in [4.78, 5) is 11.9. The van der Waals surface area contributed by atoms with E-state index in [1.807, 2.05) is 31.2 Å². The smallest absolute Gasteiger partial charge is 0.251 e. The second-order valence-electron chi connectivity index (χ2n) is 4.99. The van der Waals surface area contributed by atoms with E-state index in [9.17, 15) is 4.79 Å². The van der Waals surface area contributed by atoms with Crippen molar-refractivity contribution in [3.8, 4) is 0 Å². The van der Waals surface area contributed by atoms with E-state index in [0.717, 1.165) is 24.1 Å². The van der Waals surface area contributed by atoms with Gasteiger partial charge in [-0.15, -0.1) is 11.6 Å². The van der Waals surface area contributed by atoms with Gasteiger partial charge in [0, 0.05) is 18.0 Å². The van der Waals surface area contributed by atoms with E-state index in [1.165, 1.54) is 12.8 Å². The van der Waals surface area contributed by atoms with Crippen LogP contribution in [0.1, 0.15) is 35.2 Å². The summed E-state index contributed by atoms with van der Waals surface area (Å²) in [6, 6.07) is 7.67. The number of amides is 1.